The van der Waals surface area contributed by atoms with Crippen LogP contribution in [0.15, 0.2) is 36.9 Å². The smallest absolute Gasteiger partial charge is 0.00877 e. The van der Waals surface area contributed by atoms with Gasteiger partial charge in [-0.1, -0.05) is 36.9 Å². The zero-order chi connectivity index (χ0) is 9.80. The van der Waals surface area contributed by atoms with Crippen molar-refractivity contribution in [2.24, 2.45) is 0 Å². The lowest BCUT2D eigenvalue weighted by Gasteiger charge is -2.10. The predicted molar refractivity (Wildman–Crippen MR) is 65.6 cm³/mol. The summed E-state index contributed by atoms with van der Waals surface area (Å²) in [6.07, 6.45) is 3.92. The number of allylic oxidation sites excluding steroid dienone is 1. The molecule has 74 valence electrons. The third kappa shape index (κ3) is 2.42. The maximum absolute atomic E-state index is 4.18. The average molecular weight is 204 g/mol. The highest BCUT2D eigenvalue weighted by molar-refractivity contribution is 8.00. The van der Waals surface area contributed by atoms with Gasteiger partial charge in [-0.05, 0) is 36.2 Å². The number of hydrogen-bond acceptors (Lipinski definition) is 1. The molecule has 0 aromatic heterocycles. The Morgan fingerprint density at radius 1 is 1.36 bits per heavy atom. The Hall–Kier alpha value is -0.690. The summed E-state index contributed by atoms with van der Waals surface area (Å²) >= 11 is 2.10. The monoisotopic (exact) mass is 204 g/mol. The Morgan fingerprint density at radius 3 is 2.79 bits per heavy atom. The minimum atomic E-state index is 0.822. The molecular formula is C13H16S. The van der Waals surface area contributed by atoms with Crippen molar-refractivity contribution in [3.63, 3.8) is 0 Å². The second-order valence-electron chi connectivity index (χ2n) is 3.81. The molecule has 1 aromatic rings. The van der Waals surface area contributed by atoms with E-state index in [0.29, 0.717) is 0 Å². The molecule has 1 saturated heterocycles. The molecule has 0 amide bonds. The van der Waals surface area contributed by atoms with Gasteiger partial charge in [0.2, 0.25) is 0 Å². The van der Waals surface area contributed by atoms with Crippen molar-refractivity contribution in [3.8, 4) is 0 Å². The van der Waals surface area contributed by atoms with Gasteiger partial charge in [0.15, 0.2) is 0 Å². The van der Waals surface area contributed by atoms with Crippen molar-refractivity contribution < 1.29 is 0 Å². The summed E-state index contributed by atoms with van der Waals surface area (Å²) in [5.74, 6) is 1.34. The minimum Gasteiger partial charge on any atom is -0.158 e. The third-order valence-electron chi connectivity index (χ3n) is 2.68. The number of hydrogen-bond donors (Lipinski definition) is 0. The van der Waals surface area contributed by atoms with Gasteiger partial charge in [0.25, 0.3) is 0 Å². The van der Waals surface area contributed by atoms with Gasteiger partial charge in [0.1, 0.15) is 0 Å². The molecule has 0 radical (unpaired) electrons. The second-order valence-corrected chi connectivity index (χ2v) is 5.22. The molecular weight excluding hydrogens is 188 g/mol. The highest BCUT2D eigenvalue weighted by Crippen LogP contribution is 2.33. The van der Waals surface area contributed by atoms with Crippen molar-refractivity contribution in [3.05, 3.63) is 42.5 Å². The molecule has 0 bridgehead atoms. The highest BCUT2D eigenvalue weighted by atomic mass is 32.2. The van der Waals surface area contributed by atoms with E-state index in [1.807, 2.05) is 0 Å². The quantitative estimate of drug-likeness (QED) is 0.717. The average Bonchev–Trinajstić information content (AvgIpc) is 2.72. The lowest BCUT2D eigenvalue weighted by Crippen LogP contribution is -1.97. The van der Waals surface area contributed by atoms with Crippen molar-refractivity contribution in [2.45, 2.75) is 24.5 Å². The normalized spacial score (nSPS) is 21.0. The van der Waals surface area contributed by atoms with Crippen LogP contribution in [0.5, 0.6) is 0 Å². The fourth-order valence-electron chi connectivity index (χ4n) is 1.87. The molecule has 1 heteroatoms. The first-order valence-corrected chi connectivity index (χ1v) is 6.26. The van der Waals surface area contributed by atoms with Crippen LogP contribution in [0.4, 0.5) is 0 Å². The van der Waals surface area contributed by atoms with Crippen LogP contribution in [0.1, 0.15) is 24.8 Å². The van der Waals surface area contributed by atoms with Crippen molar-refractivity contribution in [2.75, 3.05) is 5.75 Å². The fraction of sp³-hybridized carbons (Fsp3) is 0.385. The number of benzene rings is 1. The molecule has 1 fully saturated rings. The van der Waals surface area contributed by atoms with E-state index in [4.69, 9.17) is 0 Å². The molecule has 0 spiro atoms. The van der Waals surface area contributed by atoms with E-state index in [1.54, 1.807) is 0 Å². The van der Waals surface area contributed by atoms with Gasteiger partial charge < -0.3 is 0 Å². The summed E-state index contributed by atoms with van der Waals surface area (Å²) in [6.45, 7) is 4.18. The Kier molecular flexibility index (Phi) is 3.30. The predicted octanol–water partition coefficient (Wildman–Crippen LogP) is 3.99. The SMILES string of the molecule is C=C(CC1CCCS1)c1ccccc1. The molecule has 1 atom stereocenters. The Bertz CT molecular complexity index is 296. The summed E-state index contributed by atoms with van der Waals surface area (Å²) in [4.78, 5) is 0. The maximum atomic E-state index is 4.18. The minimum absolute atomic E-state index is 0.822. The first-order chi connectivity index (χ1) is 6.86. The Labute approximate surface area is 90.4 Å². The van der Waals surface area contributed by atoms with E-state index in [1.165, 1.54) is 29.7 Å². The molecule has 1 aromatic carbocycles. The molecule has 1 aliphatic heterocycles. The van der Waals surface area contributed by atoms with Crippen LogP contribution >= 0.6 is 11.8 Å². The van der Waals surface area contributed by atoms with Crippen LogP contribution in [0.2, 0.25) is 0 Å². The lowest BCUT2D eigenvalue weighted by atomic mass is 10.0. The first kappa shape index (κ1) is 9.85. The van der Waals surface area contributed by atoms with Gasteiger partial charge in [-0.25, -0.2) is 0 Å². The molecule has 0 saturated carbocycles. The van der Waals surface area contributed by atoms with Gasteiger partial charge in [-0.3, -0.25) is 0 Å². The van der Waals surface area contributed by atoms with Crippen LogP contribution < -0.4 is 0 Å². The molecule has 14 heavy (non-hydrogen) atoms. The highest BCUT2D eigenvalue weighted by Gasteiger charge is 2.16. The zero-order valence-electron chi connectivity index (χ0n) is 8.41. The zero-order valence-corrected chi connectivity index (χ0v) is 9.22. The van der Waals surface area contributed by atoms with E-state index in [9.17, 15) is 0 Å². The van der Waals surface area contributed by atoms with Gasteiger partial charge in [-0.15, -0.1) is 0 Å². The summed E-state index contributed by atoms with van der Waals surface area (Å²) in [7, 11) is 0. The summed E-state index contributed by atoms with van der Waals surface area (Å²) in [5, 5.41) is 0.822. The van der Waals surface area contributed by atoms with E-state index >= 15 is 0 Å². The van der Waals surface area contributed by atoms with Gasteiger partial charge in [0.05, 0.1) is 0 Å². The van der Waals surface area contributed by atoms with Crippen molar-refractivity contribution in [1.82, 2.24) is 0 Å². The van der Waals surface area contributed by atoms with Crippen LogP contribution in [-0.2, 0) is 0 Å². The fourth-order valence-corrected chi connectivity index (χ4v) is 3.19. The largest absolute Gasteiger partial charge is 0.158 e. The summed E-state index contributed by atoms with van der Waals surface area (Å²) < 4.78 is 0. The van der Waals surface area contributed by atoms with Gasteiger partial charge >= 0.3 is 0 Å². The van der Waals surface area contributed by atoms with Gasteiger partial charge in [0, 0.05) is 5.25 Å². The summed E-state index contributed by atoms with van der Waals surface area (Å²) in [6, 6.07) is 10.5. The number of thioether (sulfide) groups is 1. The molecule has 1 heterocycles. The maximum Gasteiger partial charge on any atom is 0.00877 e. The molecule has 1 aliphatic rings. The standard InChI is InChI=1S/C13H16S/c1-11(10-13-8-5-9-14-13)12-6-3-2-4-7-12/h2-4,6-7,13H,1,5,8-10H2. The van der Waals surface area contributed by atoms with E-state index < -0.39 is 0 Å². The molecule has 0 nitrogen and oxygen atoms in total. The second kappa shape index (κ2) is 4.70. The van der Waals surface area contributed by atoms with E-state index in [2.05, 4.69) is 48.7 Å². The molecule has 0 N–H and O–H groups in total. The van der Waals surface area contributed by atoms with Crippen LogP contribution in [0.3, 0.4) is 0 Å². The van der Waals surface area contributed by atoms with E-state index in [-0.39, 0.29) is 0 Å². The van der Waals surface area contributed by atoms with Gasteiger partial charge in [-0.2, -0.15) is 11.8 Å². The van der Waals surface area contributed by atoms with Crippen LogP contribution in [0.25, 0.3) is 5.57 Å². The lowest BCUT2D eigenvalue weighted by molar-refractivity contribution is 0.798. The Morgan fingerprint density at radius 2 is 2.14 bits per heavy atom. The molecule has 1 unspecified atom stereocenters. The topological polar surface area (TPSA) is 0 Å². The van der Waals surface area contributed by atoms with Crippen LogP contribution in [-0.4, -0.2) is 11.0 Å². The molecule has 2 rings (SSSR count). The third-order valence-corrected chi connectivity index (χ3v) is 4.08. The van der Waals surface area contributed by atoms with Crippen molar-refractivity contribution >= 4 is 17.3 Å². The first-order valence-electron chi connectivity index (χ1n) is 5.21. The van der Waals surface area contributed by atoms with Crippen molar-refractivity contribution in [1.29, 1.82) is 0 Å². The number of rotatable bonds is 3. The summed E-state index contributed by atoms with van der Waals surface area (Å²) in [5.41, 5.74) is 2.60. The molecule has 0 aliphatic carbocycles. The Balaban J connectivity index is 1.95. The van der Waals surface area contributed by atoms with E-state index in [0.717, 1.165) is 11.7 Å². The van der Waals surface area contributed by atoms with Crippen LogP contribution in [0, 0.1) is 0 Å².